The monoisotopic (exact) mass is 608 g/mol. The third-order valence-electron chi connectivity index (χ3n) is 8.64. The lowest BCUT2D eigenvalue weighted by Crippen LogP contribution is -2.70. The Morgan fingerprint density at radius 1 is 0.905 bits per heavy atom. The summed E-state index contributed by atoms with van der Waals surface area (Å²) in [6.07, 6.45) is -9.42. The van der Waals surface area contributed by atoms with E-state index in [4.69, 9.17) is 47.0 Å². The molecule has 0 unspecified atom stereocenters. The molecule has 244 valence electrons. The van der Waals surface area contributed by atoms with E-state index in [-0.39, 0.29) is 38.0 Å². The summed E-state index contributed by atoms with van der Waals surface area (Å²) in [5.41, 5.74) is 22.7. The van der Waals surface area contributed by atoms with Crippen molar-refractivity contribution in [3.63, 3.8) is 0 Å². The minimum absolute atomic E-state index is 0.0185. The summed E-state index contributed by atoms with van der Waals surface area (Å²) in [4.78, 5) is 13.0. The Balaban J connectivity index is 1.51. The number of ether oxygens (including phenoxy) is 4. The van der Waals surface area contributed by atoms with Gasteiger partial charge >= 0.3 is 0 Å². The van der Waals surface area contributed by atoms with E-state index in [1.165, 1.54) is 0 Å². The lowest BCUT2D eigenvalue weighted by molar-refractivity contribution is -0.314. The van der Waals surface area contributed by atoms with E-state index in [0.717, 1.165) is 0 Å². The standard InChI is InChI=1S/C25H48N6O11/c26-10-6-25(38,7-10)24(37)31-14-5-13(28)20(41-22-12(27)2-1-11(39-22)8-30-3-4-32)19(36)21(14)42-23-18(35)16(29)17(34)15(9-33)40-23/h10-23,30,32-36,38H,1-9,26-29H2,(H,31,37)/t10?,11-,12+,13-,14+,15+,16-,17+,18+,19-,20+,21-,22+,23+,25?/m0/s1. The van der Waals surface area contributed by atoms with Gasteiger partial charge in [-0.15, -0.1) is 0 Å². The van der Waals surface area contributed by atoms with Crippen LogP contribution in [0.2, 0.25) is 0 Å². The molecule has 17 heteroatoms. The Kier molecular flexibility index (Phi) is 11.5. The highest BCUT2D eigenvalue weighted by molar-refractivity contribution is 5.86. The van der Waals surface area contributed by atoms with Crippen LogP contribution in [0.5, 0.6) is 0 Å². The van der Waals surface area contributed by atoms with Crippen LogP contribution in [-0.2, 0) is 23.7 Å². The molecular formula is C25H48N6O11. The smallest absolute Gasteiger partial charge is 0.252 e. The minimum Gasteiger partial charge on any atom is -0.395 e. The van der Waals surface area contributed by atoms with Crippen molar-refractivity contribution in [1.29, 1.82) is 0 Å². The Morgan fingerprint density at radius 3 is 2.24 bits per heavy atom. The molecule has 0 bridgehead atoms. The van der Waals surface area contributed by atoms with Crippen LogP contribution in [0, 0.1) is 0 Å². The van der Waals surface area contributed by atoms with Gasteiger partial charge in [-0.05, 0) is 19.3 Å². The molecule has 0 aromatic rings. The predicted octanol–water partition coefficient (Wildman–Crippen LogP) is -6.63. The Bertz CT molecular complexity index is 886. The van der Waals surface area contributed by atoms with Gasteiger partial charge in [0, 0.05) is 38.0 Å². The van der Waals surface area contributed by atoms with Crippen LogP contribution >= 0.6 is 0 Å². The molecule has 2 saturated carbocycles. The second-order valence-corrected chi connectivity index (χ2v) is 12.0. The highest BCUT2D eigenvalue weighted by atomic mass is 16.7. The molecule has 2 aliphatic heterocycles. The number of nitrogens with one attached hydrogen (secondary N) is 2. The molecule has 0 radical (unpaired) electrons. The number of carbonyl (C=O) groups is 1. The molecule has 1 amide bonds. The molecule has 13 atom stereocenters. The lowest BCUT2D eigenvalue weighted by atomic mass is 9.75. The minimum atomic E-state index is -1.69. The molecule has 16 N–H and O–H groups in total. The predicted molar refractivity (Wildman–Crippen MR) is 144 cm³/mol. The van der Waals surface area contributed by atoms with Crippen LogP contribution in [0.1, 0.15) is 32.1 Å². The van der Waals surface area contributed by atoms with Gasteiger partial charge in [0.25, 0.3) is 5.91 Å². The number of hydrogen-bond donors (Lipinski definition) is 12. The van der Waals surface area contributed by atoms with Crippen LogP contribution < -0.4 is 33.6 Å². The zero-order chi connectivity index (χ0) is 30.8. The van der Waals surface area contributed by atoms with E-state index in [2.05, 4.69) is 10.6 Å². The van der Waals surface area contributed by atoms with Gasteiger partial charge in [0.05, 0.1) is 37.4 Å². The zero-order valence-corrected chi connectivity index (χ0v) is 23.5. The molecule has 2 aliphatic carbocycles. The van der Waals surface area contributed by atoms with Gasteiger partial charge in [0.2, 0.25) is 0 Å². The van der Waals surface area contributed by atoms with E-state index >= 15 is 0 Å². The molecular weight excluding hydrogens is 560 g/mol. The number of carbonyl (C=O) groups excluding carboxylic acids is 1. The molecule has 0 spiro atoms. The third kappa shape index (κ3) is 7.39. The van der Waals surface area contributed by atoms with Crippen LogP contribution in [0.4, 0.5) is 0 Å². The third-order valence-corrected chi connectivity index (χ3v) is 8.64. The SMILES string of the molecule is NC1CC(O)(C(=O)N[C@@H]2C[C@H](N)[C@@H](O[C@H]3O[C@H](CNCCO)CC[C@H]3N)[C@H](O)[C@H]2O[C@H]2O[C@H](CO)[C@@H](O)[C@H](N)[C@H]2O)C1. The fraction of sp³-hybridized carbons (Fsp3) is 0.960. The fourth-order valence-electron chi connectivity index (χ4n) is 6.07. The topological polar surface area (TPSA) is 304 Å². The first-order valence-corrected chi connectivity index (χ1v) is 14.5. The normalized spacial score (nSPS) is 48.0. The van der Waals surface area contributed by atoms with Crippen molar-refractivity contribution in [1.82, 2.24) is 10.6 Å². The van der Waals surface area contributed by atoms with Gasteiger partial charge in [0.1, 0.15) is 42.2 Å². The number of hydrogen-bond acceptors (Lipinski definition) is 16. The van der Waals surface area contributed by atoms with Gasteiger partial charge < -0.3 is 83.2 Å². The van der Waals surface area contributed by atoms with E-state index < -0.39 is 91.5 Å². The van der Waals surface area contributed by atoms with Crippen molar-refractivity contribution in [3.8, 4) is 0 Å². The summed E-state index contributed by atoms with van der Waals surface area (Å²) >= 11 is 0. The fourth-order valence-corrected chi connectivity index (χ4v) is 6.07. The summed E-state index contributed by atoms with van der Waals surface area (Å²) < 4.78 is 23.7. The molecule has 17 nitrogen and oxygen atoms in total. The summed E-state index contributed by atoms with van der Waals surface area (Å²) in [6, 6.07) is -3.93. The maximum Gasteiger partial charge on any atom is 0.252 e. The highest BCUT2D eigenvalue weighted by Gasteiger charge is 2.53. The average Bonchev–Trinajstić information content (AvgIpc) is 2.93. The van der Waals surface area contributed by atoms with Crippen LogP contribution in [0.15, 0.2) is 0 Å². The van der Waals surface area contributed by atoms with Gasteiger partial charge in [-0.1, -0.05) is 0 Å². The lowest BCUT2D eigenvalue weighted by Gasteiger charge is -2.49. The first kappa shape index (κ1) is 33.8. The van der Waals surface area contributed by atoms with Crippen molar-refractivity contribution < 1.29 is 54.4 Å². The largest absolute Gasteiger partial charge is 0.395 e. The van der Waals surface area contributed by atoms with Gasteiger partial charge in [-0.3, -0.25) is 4.79 Å². The second kappa shape index (κ2) is 14.3. The van der Waals surface area contributed by atoms with Crippen molar-refractivity contribution in [2.75, 3.05) is 26.3 Å². The van der Waals surface area contributed by atoms with Crippen molar-refractivity contribution in [2.45, 2.75) is 123 Å². The summed E-state index contributed by atoms with van der Waals surface area (Å²) in [5.74, 6) is -0.720. The molecule has 2 heterocycles. The molecule has 0 aromatic heterocycles. The van der Waals surface area contributed by atoms with Crippen LogP contribution in [-0.4, -0.2) is 154 Å². The number of aliphatic hydroxyl groups is 6. The Morgan fingerprint density at radius 2 is 1.60 bits per heavy atom. The Hall–Kier alpha value is -1.13. The van der Waals surface area contributed by atoms with Gasteiger partial charge in [-0.25, -0.2) is 0 Å². The van der Waals surface area contributed by atoms with E-state index in [9.17, 15) is 30.3 Å². The van der Waals surface area contributed by atoms with E-state index in [1.807, 2.05) is 0 Å². The van der Waals surface area contributed by atoms with Crippen LogP contribution in [0.3, 0.4) is 0 Å². The van der Waals surface area contributed by atoms with Crippen molar-refractivity contribution >= 4 is 5.91 Å². The van der Waals surface area contributed by atoms with Gasteiger partial charge in [0.15, 0.2) is 12.6 Å². The zero-order valence-electron chi connectivity index (χ0n) is 23.5. The second-order valence-electron chi connectivity index (χ2n) is 12.0. The average molecular weight is 609 g/mol. The number of aliphatic hydroxyl groups excluding tert-OH is 5. The van der Waals surface area contributed by atoms with Crippen LogP contribution in [0.25, 0.3) is 0 Å². The van der Waals surface area contributed by atoms with E-state index in [1.54, 1.807) is 0 Å². The number of amides is 1. The molecule has 42 heavy (non-hydrogen) atoms. The first-order valence-electron chi connectivity index (χ1n) is 14.5. The molecule has 4 fully saturated rings. The summed E-state index contributed by atoms with van der Waals surface area (Å²) in [7, 11) is 0. The quantitative estimate of drug-likeness (QED) is 0.0970. The first-order chi connectivity index (χ1) is 19.9. The Labute approximate surface area is 243 Å². The summed E-state index contributed by atoms with van der Waals surface area (Å²) in [6.45, 7) is 0.197. The molecule has 4 aliphatic rings. The van der Waals surface area contributed by atoms with E-state index in [0.29, 0.717) is 25.9 Å². The molecule has 0 aromatic carbocycles. The summed E-state index contributed by atoms with van der Waals surface area (Å²) in [5, 5.41) is 67.5. The van der Waals surface area contributed by atoms with Crippen molar-refractivity contribution in [2.24, 2.45) is 22.9 Å². The molecule has 2 saturated heterocycles. The number of rotatable bonds is 11. The molecule has 4 rings (SSSR count). The number of nitrogens with two attached hydrogens (primary N) is 4. The van der Waals surface area contributed by atoms with Gasteiger partial charge in [-0.2, -0.15) is 0 Å². The maximum atomic E-state index is 13.0. The maximum absolute atomic E-state index is 13.0. The van der Waals surface area contributed by atoms with Crippen molar-refractivity contribution in [3.05, 3.63) is 0 Å². The highest BCUT2D eigenvalue weighted by Crippen LogP contribution is 2.34.